The van der Waals surface area contributed by atoms with E-state index in [4.69, 9.17) is 19.9 Å². The van der Waals surface area contributed by atoms with E-state index in [1.165, 1.54) is 0 Å². The Hall–Kier alpha value is -5.36. The van der Waals surface area contributed by atoms with Crippen LogP contribution in [0.2, 0.25) is 0 Å². The summed E-state index contributed by atoms with van der Waals surface area (Å²) in [6.07, 6.45) is 5.69. The van der Waals surface area contributed by atoms with Crippen LogP contribution < -0.4 is 0 Å². The van der Waals surface area contributed by atoms with Gasteiger partial charge in [0.15, 0.2) is 0 Å². The van der Waals surface area contributed by atoms with Gasteiger partial charge in [-0.05, 0) is 60.2 Å². The number of para-hydroxylation sites is 3. The first-order chi connectivity index (χ1) is 20.1. The minimum atomic E-state index is -0.374. The average molecular weight is 531 g/mol. The zero-order valence-corrected chi connectivity index (χ0v) is 22.7. The molecule has 0 radical (unpaired) electrons. The summed E-state index contributed by atoms with van der Waals surface area (Å²) in [5.41, 5.74) is 9.56. The van der Waals surface area contributed by atoms with Gasteiger partial charge in [0.05, 0.1) is 22.2 Å². The molecule has 0 spiro atoms. The standard InChI is InChI=1S/C35H26N6/c1-35(2,24-11-8-10-23(22-24)33-37-20-21-40(33)25-12-4-3-5-13-25)30-18-17-29-32(39-30)31-26(14-9-19-36-31)34-38-27-15-6-7-16-28(27)41(29)34/h3-22H,1-2H3. The third kappa shape index (κ3) is 3.57. The Morgan fingerprint density at radius 1 is 0.659 bits per heavy atom. The molecule has 0 fully saturated rings. The van der Waals surface area contributed by atoms with Gasteiger partial charge in [0.2, 0.25) is 0 Å². The van der Waals surface area contributed by atoms with Crippen LogP contribution in [-0.4, -0.2) is 28.9 Å². The van der Waals surface area contributed by atoms with E-state index in [2.05, 4.69) is 95.6 Å². The van der Waals surface area contributed by atoms with E-state index in [-0.39, 0.29) is 5.41 Å². The van der Waals surface area contributed by atoms with Gasteiger partial charge in [-0.25, -0.2) is 15.0 Å². The number of rotatable bonds is 4. The molecule has 0 aliphatic heterocycles. The van der Waals surface area contributed by atoms with Crippen molar-refractivity contribution in [1.29, 1.82) is 0 Å². The third-order valence-corrected chi connectivity index (χ3v) is 8.11. The summed E-state index contributed by atoms with van der Waals surface area (Å²) in [5.74, 6) is 0.907. The number of imidazole rings is 2. The third-order valence-electron chi connectivity index (χ3n) is 8.11. The lowest BCUT2D eigenvalue weighted by Crippen LogP contribution is -2.21. The first-order valence-electron chi connectivity index (χ1n) is 13.7. The van der Waals surface area contributed by atoms with Gasteiger partial charge in [-0.1, -0.05) is 62.4 Å². The molecule has 8 rings (SSSR count). The lowest BCUT2D eigenvalue weighted by Gasteiger charge is -2.26. The van der Waals surface area contributed by atoms with Crippen LogP contribution in [0.1, 0.15) is 25.1 Å². The van der Waals surface area contributed by atoms with Gasteiger partial charge < -0.3 is 0 Å². The van der Waals surface area contributed by atoms with E-state index in [0.29, 0.717) is 0 Å². The van der Waals surface area contributed by atoms with E-state index < -0.39 is 0 Å². The number of hydrogen-bond donors (Lipinski definition) is 0. The highest BCUT2D eigenvalue weighted by molar-refractivity contribution is 6.10. The molecule has 0 bridgehead atoms. The Kier molecular flexibility index (Phi) is 5.06. The van der Waals surface area contributed by atoms with Crippen molar-refractivity contribution in [2.24, 2.45) is 0 Å². The second-order valence-corrected chi connectivity index (χ2v) is 10.9. The number of hydrogen-bond acceptors (Lipinski definition) is 4. The maximum Gasteiger partial charge on any atom is 0.148 e. The molecule has 5 heterocycles. The van der Waals surface area contributed by atoms with E-state index in [1.807, 2.05) is 48.9 Å². The Balaban J connectivity index is 1.30. The molecule has 0 amide bonds. The van der Waals surface area contributed by atoms with Crippen molar-refractivity contribution in [1.82, 2.24) is 28.9 Å². The van der Waals surface area contributed by atoms with Gasteiger partial charge in [-0.15, -0.1) is 0 Å². The minimum absolute atomic E-state index is 0.374. The van der Waals surface area contributed by atoms with Crippen LogP contribution in [-0.2, 0) is 5.41 Å². The normalized spacial score (nSPS) is 12.1. The Morgan fingerprint density at radius 2 is 1.51 bits per heavy atom. The van der Waals surface area contributed by atoms with Gasteiger partial charge in [-0.2, -0.15) is 0 Å². The van der Waals surface area contributed by atoms with Gasteiger partial charge in [0.1, 0.15) is 22.5 Å². The molecule has 6 nitrogen and oxygen atoms in total. The lowest BCUT2D eigenvalue weighted by molar-refractivity contribution is 0.620. The summed E-state index contributed by atoms with van der Waals surface area (Å²) in [6, 6.07) is 35.5. The fourth-order valence-corrected chi connectivity index (χ4v) is 5.89. The largest absolute Gasteiger partial charge is 0.300 e. The fraction of sp³-hybridized carbons (Fsp3) is 0.0857. The topological polar surface area (TPSA) is 60.9 Å². The zero-order chi connectivity index (χ0) is 27.6. The van der Waals surface area contributed by atoms with Crippen LogP contribution in [0.25, 0.3) is 55.7 Å². The number of benzene rings is 3. The van der Waals surface area contributed by atoms with Crippen molar-refractivity contribution in [3.63, 3.8) is 0 Å². The van der Waals surface area contributed by atoms with Crippen molar-refractivity contribution >= 4 is 38.6 Å². The molecule has 0 N–H and O–H groups in total. The Morgan fingerprint density at radius 3 is 2.41 bits per heavy atom. The van der Waals surface area contributed by atoms with Crippen molar-refractivity contribution in [3.8, 4) is 17.1 Å². The number of fused-ring (bicyclic) bond motifs is 8. The first-order valence-corrected chi connectivity index (χ1v) is 13.7. The fourth-order valence-electron chi connectivity index (χ4n) is 5.89. The molecular formula is C35H26N6. The summed E-state index contributed by atoms with van der Waals surface area (Å²) < 4.78 is 4.33. The second-order valence-electron chi connectivity index (χ2n) is 10.9. The SMILES string of the molecule is CC(C)(c1cccc(-c2nccn2-c2ccccc2)c1)c1ccc2c(n1)c1ncccc1c1nc3ccccc3n21. The molecule has 0 aliphatic carbocycles. The first kappa shape index (κ1) is 23.5. The van der Waals surface area contributed by atoms with Gasteiger partial charge in [0, 0.05) is 40.6 Å². The molecule has 196 valence electrons. The molecule has 0 aliphatic rings. The molecule has 0 saturated heterocycles. The molecule has 41 heavy (non-hydrogen) atoms. The Labute approximate surface area is 236 Å². The molecule has 0 unspecified atom stereocenters. The molecule has 5 aromatic heterocycles. The average Bonchev–Trinajstić information content (AvgIpc) is 3.67. The van der Waals surface area contributed by atoms with Crippen LogP contribution in [0, 0.1) is 0 Å². The quantitative estimate of drug-likeness (QED) is 0.218. The monoisotopic (exact) mass is 530 g/mol. The summed E-state index contributed by atoms with van der Waals surface area (Å²) in [4.78, 5) is 19.8. The van der Waals surface area contributed by atoms with Crippen LogP contribution >= 0.6 is 0 Å². The van der Waals surface area contributed by atoms with E-state index in [0.717, 1.165) is 66.9 Å². The van der Waals surface area contributed by atoms with Gasteiger partial charge in [-0.3, -0.25) is 14.0 Å². The van der Waals surface area contributed by atoms with Crippen molar-refractivity contribution in [2.75, 3.05) is 0 Å². The van der Waals surface area contributed by atoms with Gasteiger partial charge in [0.25, 0.3) is 0 Å². The van der Waals surface area contributed by atoms with E-state index in [1.54, 1.807) is 0 Å². The Bertz CT molecular complexity index is 2240. The second kappa shape index (κ2) is 8.83. The predicted molar refractivity (Wildman–Crippen MR) is 164 cm³/mol. The van der Waals surface area contributed by atoms with Crippen LogP contribution in [0.5, 0.6) is 0 Å². The molecule has 6 heteroatoms. The van der Waals surface area contributed by atoms with E-state index in [9.17, 15) is 0 Å². The van der Waals surface area contributed by atoms with Crippen molar-refractivity contribution < 1.29 is 0 Å². The van der Waals surface area contributed by atoms with Crippen LogP contribution in [0.3, 0.4) is 0 Å². The van der Waals surface area contributed by atoms with Crippen molar-refractivity contribution in [2.45, 2.75) is 19.3 Å². The molecule has 8 aromatic rings. The number of pyridine rings is 3. The maximum absolute atomic E-state index is 5.31. The maximum atomic E-state index is 5.31. The summed E-state index contributed by atoms with van der Waals surface area (Å²) in [7, 11) is 0. The number of nitrogens with zero attached hydrogens (tertiary/aromatic N) is 6. The minimum Gasteiger partial charge on any atom is -0.300 e. The molecule has 0 saturated carbocycles. The molecule has 3 aromatic carbocycles. The van der Waals surface area contributed by atoms with Crippen LogP contribution in [0.4, 0.5) is 0 Å². The van der Waals surface area contributed by atoms with Crippen molar-refractivity contribution in [3.05, 3.63) is 133 Å². The lowest BCUT2D eigenvalue weighted by atomic mass is 9.80. The zero-order valence-electron chi connectivity index (χ0n) is 22.7. The summed E-state index contributed by atoms with van der Waals surface area (Å²) >= 11 is 0. The predicted octanol–water partition coefficient (Wildman–Crippen LogP) is 7.76. The smallest absolute Gasteiger partial charge is 0.148 e. The van der Waals surface area contributed by atoms with Gasteiger partial charge >= 0.3 is 0 Å². The number of aromatic nitrogens is 6. The summed E-state index contributed by atoms with van der Waals surface area (Å²) in [6.45, 7) is 4.45. The summed E-state index contributed by atoms with van der Waals surface area (Å²) in [5, 5.41) is 0.994. The van der Waals surface area contributed by atoms with Crippen LogP contribution in [0.15, 0.2) is 122 Å². The molecular weight excluding hydrogens is 504 g/mol. The highest BCUT2D eigenvalue weighted by Gasteiger charge is 2.27. The molecule has 0 atom stereocenters. The highest BCUT2D eigenvalue weighted by atomic mass is 15.1. The highest BCUT2D eigenvalue weighted by Crippen LogP contribution is 2.36. The van der Waals surface area contributed by atoms with E-state index >= 15 is 0 Å².